The van der Waals surface area contributed by atoms with Crippen molar-refractivity contribution in [2.45, 2.75) is 116 Å². The van der Waals surface area contributed by atoms with E-state index >= 15 is 0 Å². The van der Waals surface area contributed by atoms with E-state index in [0.29, 0.717) is 5.92 Å². The molecule has 4 atom stereocenters. The highest BCUT2D eigenvalue weighted by Gasteiger charge is 2.36. The topological polar surface area (TPSA) is 0 Å². The monoisotopic (exact) mass is 438 g/mol. The van der Waals surface area contributed by atoms with Crippen molar-refractivity contribution in [3.8, 4) is 0 Å². The number of aryl methyl sites for hydroxylation is 1. The molecular formula is C31H47F. The molecule has 4 unspecified atom stereocenters. The molecule has 3 aliphatic rings. The Morgan fingerprint density at radius 3 is 2.22 bits per heavy atom. The molecule has 3 aliphatic carbocycles. The van der Waals surface area contributed by atoms with E-state index in [2.05, 4.69) is 19.6 Å². The van der Waals surface area contributed by atoms with Crippen LogP contribution in [0.2, 0.25) is 0 Å². The Balaban J connectivity index is 1.21. The van der Waals surface area contributed by atoms with Crippen LogP contribution in [0.3, 0.4) is 0 Å². The number of allylic oxidation sites excluding steroid dienone is 1. The summed E-state index contributed by atoms with van der Waals surface area (Å²) in [6, 6.07) is 6.10. The second kappa shape index (κ2) is 11.8. The van der Waals surface area contributed by atoms with Crippen molar-refractivity contribution in [1.29, 1.82) is 0 Å². The largest absolute Gasteiger partial charge is 0.207 e. The lowest BCUT2D eigenvalue weighted by Gasteiger charge is -2.43. The average molecular weight is 439 g/mol. The quantitative estimate of drug-likeness (QED) is 0.337. The van der Waals surface area contributed by atoms with Crippen molar-refractivity contribution in [3.05, 3.63) is 47.8 Å². The van der Waals surface area contributed by atoms with E-state index in [1.807, 2.05) is 18.2 Å². The Morgan fingerprint density at radius 2 is 1.50 bits per heavy atom. The van der Waals surface area contributed by atoms with Gasteiger partial charge in [0.15, 0.2) is 0 Å². The lowest BCUT2D eigenvalue weighted by atomic mass is 9.63. The van der Waals surface area contributed by atoms with Crippen molar-refractivity contribution in [1.82, 2.24) is 0 Å². The molecule has 0 amide bonds. The lowest BCUT2D eigenvalue weighted by Crippen LogP contribution is -2.30. The van der Waals surface area contributed by atoms with Crippen LogP contribution in [0.5, 0.6) is 0 Å². The average Bonchev–Trinajstić information content (AvgIpc) is 2.82. The standard InChI is InChI=1S/C31H47F/c1-3-5-7-26-16-17-30(22-31(26)32)29-19-18-27-20-25(14-15-28(27)21-29)13-12-24-10-8-23(6-4-2)9-11-24/h3,16-17,22-25,27-29H,1,4-15,18-21H2,2H3. The van der Waals surface area contributed by atoms with Crippen LogP contribution in [0.25, 0.3) is 0 Å². The van der Waals surface area contributed by atoms with E-state index in [-0.39, 0.29) is 5.82 Å². The van der Waals surface area contributed by atoms with Crippen LogP contribution in [-0.4, -0.2) is 0 Å². The first kappa shape index (κ1) is 24.0. The zero-order valence-electron chi connectivity index (χ0n) is 20.7. The summed E-state index contributed by atoms with van der Waals surface area (Å²) in [6.45, 7) is 6.10. The summed E-state index contributed by atoms with van der Waals surface area (Å²) >= 11 is 0. The van der Waals surface area contributed by atoms with Gasteiger partial charge in [-0.05, 0) is 97.6 Å². The zero-order valence-corrected chi connectivity index (χ0v) is 20.7. The smallest absolute Gasteiger partial charge is 0.126 e. The molecule has 32 heavy (non-hydrogen) atoms. The van der Waals surface area contributed by atoms with Crippen molar-refractivity contribution < 1.29 is 4.39 Å². The third-order valence-corrected chi connectivity index (χ3v) is 9.53. The minimum Gasteiger partial charge on any atom is -0.207 e. The first-order valence-electron chi connectivity index (χ1n) is 14.0. The molecule has 0 aromatic heterocycles. The Kier molecular flexibility index (Phi) is 8.90. The van der Waals surface area contributed by atoms with Crippen LogP contribution >= 0.6 is 0 Å². The summed E-state index contributed by atoms with van der Waals surface area (Å²) in [4.78, 5) is 0. The summed E-state index contributed by atoms with van der Waals surface area (Å²) in [5.74, 6) is 5.47. The van der Waals surface area contributed by atoms with Gasteiger partial charge < -0.3 is 0 Å². The maximum Gasteiger partial charge on any atom is 0.126 e. The van der Waals surface area contributed by atoms with Crippen molar-refractivity contribution >= 4 is 0 Å². The molecule has 0 heterocycles. The van der Waals surface area contributed by atoms with Gasteiger partial charge in [0.2, 0.25) is 0 Å². The Morgan fingerprint density at radius 1 is 0.844 bits per heavy atom. The third-order valence-electron chi connectivity index (χ3n) is 9.53. The van der Waals surface area contributed by atoms with Gasteiger partial charge in [-0.2, -0.15) is 0 Å². The number of hydrogen-bond donors (Lipinski definition) is 0. The molecule has 3 saturated carbocycles. The number of halogens is 1. The maximum atomic E-state index is 14.6. The van der Waals surface area contributed by atoms with E-state index in [0.717, 1.165) is 48.0 Å². The molecule has 0 saturated heterocycles. The second-order valence-corrected chi connectivity index (χ2v) is 11.6. The lowest BCUT2D eigenvalue weighted by molar-refractivity contribution is 0.108. The molecule has 3 fully saturated rings. The van der Waals surface area contributed by atoms with Crippen LogP contribution < -0.4 is 0 Å². The Hall–Kier alpha value is -1.11. The molecule has 178 valence electrons. The first-order valence-corrected chi connectivity index (χ1v) is 14.0. The maximum absolute atomic E-state index is 14.6. The van der Waals surface area contributed by atoms with Gasteiger partial charge in [-0.25, -0.2) is 4.39 Å². The number of rotatable bonds is 9. The molecule has 0 aliphatic heterocycles. The van der Waals surface area contributed by atoms with E-state index in [1.165, 1.54) is 95.5 Å². The molecule has 4 rings (SSSR count). The normalized spacial score (nSPS) is 32.9. The minimum absolute atomic E-state index is 0.00101. The molecule has 0 spiro atoms. The Labute approximate surface area is 197 Å². The fraction of sp³-hybridized carbons (Fsp3) is 0.742. The van der Waals surface area contributed by atoms with Crippen LogP contribution in [0.4, 0.5) is 4.39 Å². The molecule has 1 heteroatoms. The van der Waals surface area contributed by atoms with Crippen LogP contribution in [-0.2, 0) is 6.42 Å². The van der Waals surface area contributed by atoms with Crippen molar-refractivity contribution in [3.63, 3.8) is 0 Å². The van der Waals surface area contributed by atoms with E-state index in [1.54, 1.807) is 0 Å². The van der Waals surface area contributed by atoms with Gasteiger partial charge in [0, 0.05) is 0 Å². The summed E-state index contributed by atoms with van der Waals surface area (Å²) < 4.78 is 14.6. The fourth-order valence-corrected chi connectivity index (χ4v) is 7.52. The van der Waals surface area contributed by atoms with Gasteiger partial charge in [0.05, 0.1) is 0 Å². The van der Waals surface area contributed by atoms with Gasteiger partial charge in [-0.3, -0.25) is 0 Å². The minimum atomic E-state index is -0.00101. The van der Waals surface area contributed by atoms with Gasteiger partial charge in [0.25, 0.3) is 0 Å². The highest BCUT2D eigenvalue weighted by molar-refractivity contribution is 5.28. The van der Waals surface area contributed by atoms with Gasteiger partial charge in [0.1, 0.15) is 5.82 Å². The summed E-state index contributed by atoms with van der Waals surface area (Å²) in [5.41, 5.74) is 2.10. The highest BCUT2D eigenvalue weighted by atomic mass is 19.1. The molecule has 1 aromatic carbocycles. The molecule has 1 aromatic rings. The van der Waals surface area contributed by atoms with Crippen LogP contribution in [0, 0.1) is 35.4 Å². The molecule has 0 nitrogen and oxygen atoms in total. The summed E-state index contributed by atoms with van der Waals surface area (Å²) in [6.07, 6.45) is 23.6. The van der Waals surface area contributed by atoms with E-state index in [4.69, 9.17) is 0 Å². The second-order valence-electron chi connectivity index (χ2n) is 11.6. The summed E-state index contributed by atoms with van der Waals surface area (Å²) in [7, 11) is 0. The molecular weight excluding hydrogens is 391 g/mol. The van der Waals surface area contributed by atoms with Gasteiger partial charge >= 0.3 is 0 Å². The fourth-order valence-electron chi connectivity index (χ4n) is 7.52. The number of fused-ring (bicyclic) bond motifs is 1. The summed E-state index contributed by atoms with van der Waals surface area (Å²) in [5, 5.41) is 0. The third kappa shape index (κ3) is 6.27. The van der Waals surface area contributed by atoms with Crippen LogP contribution in [0.15, 0.2) is 30.9 Å². The predicted octanol–water partition coefficient (Wildman–Crippen LogP) is 9.63. The van der Waals surface area contributed by atoms with Gasteiger partial charge in [-0.1, -0.05) is 82.9 Å². The Bertz CT molecular complexity index is 713. The number of benzene rings is 1. The van der Waals surface area contributed by atoms with E-state index in [9.17, 15) is 4.39 Å². The molecule has 0 bridgehead atoms. The predicted molar refractivity (Wildman–Crippen MR) is 135 cm³/mol. The number of hydrogen-bond acceptors (Lipinski definition) is 0. The van der Waals surface area contributed by atoms with Crippen molar-refractivity contribution in [2.75, 3.05) is 0 Å². The zero-order chi connectivity index (χ0) is 22.3. The van der Waals surface area contributed by atoms with Crippen LogP contribution in [0.1, 0.15) is 120 Å². The molecule has 0 N–H and O–H groups in total. The first-order chi connectivity index (χ1) is 15.7. The molecule has 0 radical (unpaired) electrons. The SMILES string of the molecule is C=CCCc1ccc(C2CCC3CC(CCC4CCC(CCC)CC4)CCC3C2)cc1F. The van der Waals surface area contributed by atoms with Gasteiger partial charge in [-0.15, -0.1) is 6.58 Å². The van der Waals surface area contributed by atoms with Crippen molar-refractivity contribution in [2.24, 2.45) is 29.6 Å². The van der Waals surface area contributed by atoms with E-state index < -0.39 is 0 Å². The highest BCUT2D eigenvalue weighted by Crippen LogP contribution is 2.49.